The molecule has 1 amide bonds. The van der Waals surface area contributed by atoms with Gasteiger partial charge in [-0.2, -0.15) is 0 Å². The highest BCUT2D eigenvalue weighted by atomic mass is 35.5. The van der Waals surface area contributed by atoms with Crippen molar-refractivity contribution in [3.63, 3.8) is 0 Å². The molecule has 0 radical (unpaired) electrons. The van der Waals surface area contributed by atoms with Gasteiger partial charge >= 0.3 is 0 Å². The smallest absolute Gasteiger partial charge is 0.253 e. The summed E-state index contributed by atoms with van der Waals surface area (Å²) in [7, 11) is 3.87. The SMILES string of the molecule is Cc1cc(N[C@H]2CC[C@@H](NC(=O)c3ccc(N(C)C)nc3)CC2)nc2ccccc12.Cl.Cl. The van der Waals surface area contributed by atoms with Crippen LogP contribution in [0.4, 0.5) is 11.6 Å². The highest BCUT2D eigenvalue weighted by Gasteiger charge is 2.23. The van der Waals surface area contributed by atoms with Crippen LogP contribution in [0, 0.1) is 6.92 Å². The minimum Gasteiger partial charge on any atom is -0.367 e. The van der Waals surface area contributed by atoms with Gasteiger partial charge in [0.05, 0.1) is 11.1 Å². The lowest BCUT2D eigenvalue weighted by molar-refractivity contribution is 0.0926. The predicted molar refractivity (Wildman–Crippen MR) is 137 cm³/mol. The Labute approximate surface area is 202 Å². The van der Waals surface area contributed by atoms with Gasteiger partial charge < -0.3 is 15.5 Å². The summed E-state index contributed by atoms with van der Waals surface area (Å²) < 4.78 is 0. The van der Waals surface area contributed by atoms with E-state index in [2.05, 4.69) is 40.7 Å². The van der Waals surface area contributed by atoms with Gasteiger partial charge in [0, 0.05) is 37.8 Å². The molecule has 172 valence electrons. The summed E-state index contributed by atoms with van der Waals surface area (Å²) in [6, 6.07) is 14.6. The van der Waals surface area contributed by atoms with E-state index in [1.54, 1.807) is 6.20 Å². The van der Waals surface area contributed by atoms with E-state index in [1.165, 1.54) is 10.9 Å². The third-order valence-corrected chi connectivity index (χ3v) is 5.81. The lowest BCUT2D eigenvalue weighted by Gasteiger charge is -2.30. The molecule has 2 aromatic heterocycles. The first-order valence-electron chi connectivity index (χ1n) is 10.6. The molecule has 1 aliphatic carbocycles. The number of nitrogens with zero attached hydrogens (tertiary/aromatic N) is 3. The van der Waals surface area contributed by atoms with Crippen LogP contribution in [0.15, 0.2) is 48.7 Å². The molecule has 6 nitrogen and oxygen atoms in total. The van der Waals surface area contributed by atoms with Crippen LogP contribution in [-0.4, -0.2) is 42.1 Å². The molecule has 1 aromatic carbocycles. The van der Waals surface area contributed by atoms with E-state index in [-0.39, 0.29) is 36.8 Å². The third-order valence-electron chi connectivity index (χ3n) is 5.81. The molecule has 1 saturated carbocycles. The van der Waals surface area contributed by atoms with Crippen molar-refractivity contribution in [2.24, 2.45) is 0 Å². The Morgan fingerprint density at radius 3 is 2.34 bits per heavy atom. The van der Waals surface area contributed by atoms with Crippen LogP contribution in [0.3, 0.4) is 0 Å². The summed E-state index contributed by atoms with van der Waals surface area (Å²) in [4.78, 5) is 23.6. The van der Waals surface area contributed by atoms with Crippen molar-refractivity contribution in [3.05, 3.63) is 59.8 Å². The molecule has 2 N–H and O–H groups in total. The maximum atomic E-state index is 12.5. The number of carbonyl (C=O) groups is 1. The van der Waals surface area contributed by atoms with Gasteiger partial charge in [0.1, 0.15) is 11.6 Å². The number of aryl methyl sites for hydroxylation is 1. The van der Waals surface area contributed by atoms with Crippen LogP contribution in [0.25, 0.3) is 10.9 Å². The molecule has 2 heterocycles. The number of hydrogen-bond acceptors (Lipinski definition) is 5. The fraction of sp³-hybridized carbons (Fsp3) is 0.375. The normalized spacial score (nSPS) is 17.6. The Hall–Kier alpha value is -2.57. The number of hydrogen-bond donors (Lipinski definition) is 2. The number of anilines is 2. The molecule has 32 heavy (non-hydrogen) atoms. The lowest BCUT2D eigenvalue weighted by atomic mass is 9.91. The van der Waals surface area contributed by atoms with Gasteiger partial charge in [0.15, 0.2) is 0 Å². The molecule has 1 aliphatic rings. The highest BCUT2D eigenvalue weighted by molar-refractivity contribution is 5.94. The molecule has 8 heteroatoms. The second kappa shape index (κ2) is 11.3. The molecule has 4 rings (SSSR count). The molecule has 0 atom stereocenters. The summed E-state index contributed by atoms with van der Waals surface area (Å²) >= 11 is 0. The van der Waals surface area contributed by atoms with Crippen molar-refractivity contribution in [3.8, 4) is 0 Å². The number of para-hydroxylation sites is 1. The van der Waals surface area contributed by atoms with E-state index in [0.29, 0.717) is 11.6 Å². The fourth-order valence-corrected chi connectivity index (χ4v) is 4.07. The molecule has 0 aliphatic heterocycles. The topological polar surface area (TPSA) is 70.2 Å². The second-order valence-corrected chi connectivity index (χ2v) is 8.31. The number of fused-ring (bicyclic) bond motifs is 1. The fourth-order valence-electron chi connectivity index (χ4n) is 4.07. The van der Waals surface area contributed by atoms with Crippen molar-refractivity contribution < 1.29 is 4.79 Å². The van der Waals surface area contributed by atoms with Gasteiger partial charge in [0.25, 0.3) is 5.91 Å². The Morgan fingerprint density at radius 2 is 1.69 bits per heavy atom. The second-order valence-electron chi connectivity index (χ2n) is 8.31. The minimum absolute atomic E-state index is 0. The van der Waals surface area contributed by atoms with Gasteiger partial charge in [-0.25, -0.2) is 9.97 Å². The maximum absolute atomic E-state index is 12.5. The number of benzene rings is 1. The number of rotatable bonds is 5. The lowest BCUT2D eigenvalue weighted by Crippen LogP contribution is -2.40. The van der Waals surface area contributed by atoms with Gasteiger partial charge in [0.2, 0.25) is 0 Å². The summed E-state index contributed by atoms with van der Waals surface area (Å²) in [5.74, 6) is 1.73. The predicted octanol–water partition coefficient (Wildman–Crippen LogP) is 5.00. The molecule has 3 aromatic rings. The molecule has 0 bridgehead atoms. The summed E-state index contributed by atoms with van der Waals surface area (Å²) in [5.41, 5.74) is 2.87. The van der Waals surface area contributed by atoms with Crippen LogP contribution in [-0.2, 0) is 0 Å². The summed E-state index contributed by atoms with van der Waals surface area (Å²) in [6.45, 7) is 2.13. The standard InChI is InChI=1S/C24H29N5O.2ClH/c1-16-14-22(28-21-7-5-4-6-20(16)21)26-18-9-11-19(12-10-18)27-24(30)17-8-13-23(25-15-17)29(2)3;;/h4-8,13-15,18-19H,9-12H2,1-3H3,(H,26,28)(H,27,30);2*1H/t18-,19+;;. The molecule has 1 fully saturated rings. The Bertz CT molecular complexity index is 1030. The van der Waals surface area contributed by atoms with Gasteiger partial charge in [-0.1, -0.05) is 18.2 Å². The molecule has 0 saturated heterocycles. The van der Waals surface area contributed by atoms with E-state index >= 15 is 0 Å². The van der Waals surface area contributed by atoms with Crippen LogP contribution < -0.4 is 15.5 Å². The molecule has 0 spiro atoms. The number of halogens is 2. The first-order chi connectivity index (χ1) is 14.5. The number of amides is 1. The Balaban J connectivity index is 0.00000181. The van der Waals surface area contributed by atoms with Crippen LogP contribution >= 0.6 is 24.8 Å². The zero-order valence-electron chi connectivity index (χ0n) is 18.7. The Morgan fingerprint density at radius 1 is 1.00 bits per heavy atom. The van der Waals surface area contributed by atoms with E-state index in [1.807, 2.05) is 43.3 Å². The molecular formula is C24H31Cl2N5O. The van der Waals surface area contributed by atoms with Crippen molar-refractivity contribution in [1.29, 1.82) is 0 Å². The first kappa shape index (κ1) is 25.7. The van der Waals surface area contributed by atoms with Crippen LogP contribution in [0.5, 0.6) is 0 Å². The van der Waals surface area contributed by atoms with Crippen LogP contribution in [0.2, 0.25) is 0 Å². The van der Waals surface area contributed by atoms with E-state index < -0.39 is 0 Å². The van der Waals surface area contributed by atoms with E-state index in [4.69, 9.17) is 4.98 Å². The highest BCUT2D eigenvalue weighted by Crippen LogP contribution is 2.25. The molecular weight excluding hydrogens is 445 g/mol. The molecule has 0 unspecified atom stereocenters. The Kier molecular flexibility index (Phi) is 9.10. The van der Waals surface area contributed by atoms with Crippen molar-refractivity contribution >= 4 is 53.3 Å². The summed E-state index contributed by atoms with van der Waals surface area (Å²) in [5, 5.41) is 7.96. The van der Waals surface area contributed by atoms with Crippen molar-refractivity contribution in [2.45, 2.75) is 44.7 Å². The van der Waals surface area contributed by atoms with Crippen LogP contribution in [0.1, 0.15) is 41.6 Å². The van der Waals surface area contributed by atoms with Crippen molar-refractivity contribution in [2.75, 3.05) is 24.3 Å². The average molecular weight is 476 g/mol. The number of aromatic nitrogens is 2. The zero-order valence-corrected chi connectivity index (χ0v) is 20.3. The largest absolute Gasteiger partial charge is 0.367 e. The monoisotopic (exact) mass is 475 g/mol. The van der Waals surface area contributed by atoms with Gasteiger partial charge in [-0.3, -0.25) is 4.79 Å². The quantitative estimate of drug-likeness (QED) is 0.543. The number of carbonyl (C=O) groups excluding carboxylic acids is 1. The van der Waals surface area contributed by atoms with Gasteiger partial charge in [-0.05, 0) is 62.4 Å². The minimum atomic E-state index is -0.0453. The first-order valence-corrected chi connectivity index (χ1v) is 10.6. The van der Waals surface area contributed by atoms with Gasteiger partial charge in [-0.15, -0.1) is 24.8 Å². The average Bonchev–Trinajstić information content (AvgIpc) is 2.75. The zero-order chi connectivity index (χ0) is 21.1. The van der Waals surface area contributed by atoms with Crippen molar-refractivity contribution in [1.82, 2.24) is 15.3 Å². The number of nitrogens with one attached hydrogen (secondary N) is 2. The summed E-state index contributed by atoms with van der Waals surface area (Å²) in [6.07, 6.45) is 5.58. The maximum Gasteiger partial charge on any atom is 0.253 e. The van der Waals surface area contributed by atoms with E-state index in [0.717, 1.165) is 42.8 Å². The number of pyridine rings is 2. The van der Waals surface area contributed by atoms with E-state index in [9.17, 15) is 4.79 Å². The third kappa shape index (κ3) is 6.02.